The molecule has 3 atom stereocenters. The van der Waals surface area contributed by atoms with Crippen molar-refractivity contribution in [3.8, 4) is 0 Å². The number of rotatable bonds is 14. The number of benzene rings is 1. The molecule has 0 spiro atoms. The van der Waals surface area contributed by atoms with Crippen molar-refractivity contribution in [1.29, 1.82) is 0 Å². The SMILES string of the molecule is C=C1NC(=O)CCC1N1C(=O)c2cccc(NCCCCCCC(=O)N[C@@H]3CC[C@@H](Nc4cc(CCC)nc5ccnn45)C3)c2C1=O. The molecule has 0 radical (unpaired) electrons. The van der Waals surface area contributed by atoms with Crippen molar-refractivity contribution < 1.29 is 19.2 Å². The van der Waals surface area contributed by atoms with E-state index in [0.717, 1.165) is 74.9 Å². The first-order chi connectivity index (χ1) is 22.8. The highest BCUT2D eigenvalue weighted by atomic mass is 16.2. The minimum atomic E-state index is -0.545. The number of nitrogens with one attached hydrogen (secondary N) is 4. The largest absolute Gasteiger partial charge is 0.384 e. The summed E-state index contributed by atoms with van der Waals surface area (Å²) in [6, 6.07) is 9.16. The van der Waals surface area contributed by atoms with Gasteiger partial charge in [0.1, 0.15) is 5.82 Å². The average Bonchev–Trinajstić information content (AvgIpc) is 3.76. The Kier molecular flexibility index (Phi) is 9.84. The van der Waals surface area contributed by atoms with E-state index in [4.69, 9.17) is 0 Å². The number of anilines is 2. The van der Waals surface area contributed by atoms with Crippen LogP contribution in [0.15, 0.2) is 48.8 Å². The van der Waals surface area contributed by atoms with Gasteiger partial charge in [-0.15, -0.1) is 0 Å². The fourth-order valence-corrected chi connectivity index (χ4v) is 6.98. The Morgan fingerprint density at radius 1 is 1.04 bits per heavy atom. The molecular weight excluding hydrogens is 596 g/mol. The van der Waals surface area contributed by atoms with Gasteiger partial charge in [0.25, 0.3) is 11.8 Å². The molecule has 1 saturated heterocycles. The van der Waals surface area contributed by atoms with Gasteiger partial charge in [0.15, 0.2) is 5.65 Å². The summed E-state index contributed by atoms with van der Waals surface area (Å²) < 4.78 is 1.85. The number of hydrogen-bond donors (Lipinski definition) is 4. The maximum absolute atomic E-state index is 13.4. The predicted molar refractivity (Wildman–Crippen MR) is 179 cm³/mol. The van der Waals surface area contributed by atoms with Crippen LogP contribution in [-0.2, 0) is 16.0 Å². The maximum Gasteiger partial charge on any atom is 0.264 e. The molecule has 47 heavy (non-hydrogen) atoms. The third-order valence-electron chi connectivity index (χ3n) is 9.32. The predicted octanol–water partition coefficient (Wildman–Crippen LogP) is 4.58. The van der Waals surface area contributed by atoms with Crippen molar-refractivity contribution in [1.82, 2.24) is 30.1 Å². The highest BCUT2D eigenvalue weighted by Gasteiger charge is 2.43. The highest BCUT2D eigenvalue weighted by Crippen LogP contribution is 2.34. The summed E-state index contributed by atoms with van der Waals surface area (Å²) in [5.41, 5.74) is 3.66. The Morgan fingerprint density at radius 3 is 2.70 bits per heavy atom. The molecule has 4 amide bonds. The van der Waals surface area contributed by atoms with Crippen molar-refractivity contribution in [3.63, 3.8) is 0 Å². The zero-order valence-electron chi connectivity index (χ0n) is 27.0. The summed E-state index contributed by atoms with van der Waals surface area (Å²) in [4.78, 5) is 56.8. The van der Waals surface area contributed by atoms with Crippen LogP contribution in [0.2, 0.25) is 0 Å². The number of aryl methyl sites for hydroxylation is 1. The fourth-order valence-electron chi connectivity index (χ4n) is 6.98. The number of unbranched alkanes of at least 4 members (excludes halogenated alkanes) is 3. The highest BCUT2D eigenvalue weighted by molar-refractivity contribution is 6.24. The lowest BCUT2D eigenvalue weighted by molar-refractivity contribution is -0.122. The van der Waals surface area contributed by atoms with Gasteiger partial charge in [-0.25, -0.2) is 4.98 Å². The van der Waals surface area contributed by atoms with Crippen molar-refractivity contribution in [3.05, 3.63) is 65.6 Å². The standard InChI is InChI=1S/C35H44N8O4/c1-3-9-23-21-30(43-29(39-23)17-19-37-43)40-24-13-14-25(20-24)41-31(44)12-6-4-5-7-18-36-27-11-8-10-26-33(27)35(47)42(34(26)46)28-15-16-32(45)38-22(28)2/h8,10-11,17,19,21,24-25,28,36,40H,2-7,9,12-16,18,20H2,1H3,(H,38,45)(H,41,44)/t24-,25-,28?/m1/s1. The van der Waals surface area contributed by atoms with Crippen LogP contribution in [0.25, 0.3) is 5.65 Å². The van der Waals surface area contributed by atoms with E-state index in [1.54, 1.807) is 18.3 Å². The zero-order chi connectivity index (χ0) is 32.9. The maximum atomic E-state index is 13.4. The molecule has 2 aromatic heterocycles. The van der Waals surface area contributed by atoms with E-state index in [1.807, 2.05) is 16.6 Å². The van der Waals surface area contributed by atoms with Crippen LogP contribution in [0.1, 0.15) is 104 Å². The quantitative estimate of drug-likeness (QED) is 0.148. The van der Waals surface area contributed by atoms with Crippen LogP contribution in [0.5, 0.6) is 0 Å². The zero-order valence-corrected chi connectivity index (χ0v) is 27.0. The summed E-state index contributed by atoms with van der Waals surface area (Å²) in [5.74, 6) is 0.185. The number of amides is 4. The molecule has 3 aliphatic rings. The smallest absolute Gasteiger partial charge is 0.264 e. The monoisotopic (exact) mass is 640 g/mol. The second-order valence-corrected chi connectivity index (χ2v) is 12.8. The summed E-state index contributed by atoms with van der Waals surface area (Å²) >= 11 is 0. The first kappa shape index (κ1) is 32.2. The Labute approximate surface area is 274 Å². The van der Waals surface area contributed by atoms with Crippen LogP contribution in [0, 0.1) is 0 Å². The van der Waals surface area contributed by atoms with Crippen LogP contribution in [0.3, 0.4) is 0 Å². The summed E-state index contributed by atoms with van der Waals surface area (Å²) in [6.07, 6.45) is 11.2. The molecular formula is C35H44N8O4. The van der Waals surface area contributed by atoms with Gasteiger partial charge in [-0.05, 0) is 57.1 Å². The van der Waals surface area contributed by atoms with Gasteiger partial charge in [-0.2, -0.15) is 9.61 Å². The second kappa shape index (κ2) is 14.4. The Hall–Kier alpha value is -4.74. The molecule has 1 aliphatic carbocycles. The number of nitrogens with zero attached hydrogens (tertiary/aromatic N) is 4. The number of aromatic nitrogens is 3. The molecule has 1 aromatic carbocycles. The molecule has 4 heterocycles. The fraction of sp³-hybridized carbons (Fsp3) is 0.486. The number of imide groups is 1. The molecule has 1 unspecified atom stereocenters. The van der Waals surface area contributed by atoms with Gasteiger partial charge < -0.3 is 21.3 Å². The van der Waals surface area contributed by atoms with E-state index in [-0.39, 0.29) is 42.1 Å². The molecule has 3 aromatic rings. The van der Waals surface area contributed by atoms with Crippen molar-refractivity contribution >= 4 is 40.8 Å². The van der Waals surface area contributed by atoms with Crippen molar-refractivity contribution in [2.45, 2.75) is 102 Å². The minimum absolute atomic E-state index is 0.102. The number of fused-ring (bicyclic) bond motifs is 2. The first-order valence-electron chi connectivity index (χ1n) is 17.0. The van der Waals surface area contributed by atoms with Gasteiger partial charge in [0.2, 0.25) is 11.8 Å². The van der Waals surface area contributed by atoms with Crippen LogP contribution >= 0.6 is 0 Å². The Bertz CT molecular complexity index is 1680. The molecule has 12 nitrogen and oxygen atoms in total. The molecule has 2 fully saturated rings. The minimum Gasteiger partial charge on any atom is -0.384 e. The number of hydrogen-bond acceptors (Lipinski definition) is 8. The van der Waals surface area contributed by atoms with Crippen LogP contribution in [0.4, 0.5) is 11.5 Å². The molecule has 1 saturated carbocycles. The Balaban J connectivity index is 0.894. The van der Waals surface area contributed by atoms with E-state index in [9.17, 15) is 19.2 Å². The van der Waals surface area contributed by atoms with E-state index >= 15 is 0 Å². The summed E-state index contributed by atoms with van der Waals surface area (Å²) in [7, 11) is 0. The number of piperidine rings is 1. The third-order valence-corrected chi connectivity index (χ3v) is 9.32. The summed E-state index contributed by atoms with van der Waals surface area (Å²) in [5, 5.41) is 17.3. The van der Waals surface area contributed by atoms with Gasteiger partial charge in [-0.3, -0.25) is 24.1 Å². The van der Waals surface area contributed by atoms with E-state index < -0.39 is 6.04 Å². The topological polar surface area (TPSA) is 150 Å². The first-order valence-corrected chi connectivity index (χ1v) is 17.0. The molecule has 2 aliphatic heterocycles. The molecule has 12 heteroatoms. The third kappa shape index (κ3) is 7.16. The molecule has 4 N–H and O–H groups in total. The van der Waals surface area contributed by atoms with Gasteiger partial charge in [0, 0.05) is 60.7 Å². The lowest BCUT2D eigenvalue weighted by Crippen LogP contribution is -2.48. The van der Waals surface area contributed by atoms with Gasteiger partial charge >= 0.3 is 0 Å². The number of carbonyl (C=O) groups excluding carboxylic acids is 4. The second-order valence-electron chi connectivity index (χ2n) is 12.8. The summed E-state index contributed by atoms with van der Waals surface area (Å²) in [6.45, 7) is 6.67. The van der Waals surface area contributed by atoms with E-state index in [1.165, 1.54) is 4.90 Å². The average molecular weight is 641 g/mol. The Morgan fingerprint density at radius 2 is 1.87 bits per heavy atom. The van der Waals surface area contributed by atoms with Gasteiger partial charge in [0.05, 0.1) is 23.4 Å². The molecule has 6 rings (SSSR count). The normalized spacial score (nSPS) is 20.9. The van der Waals surface area contributed by atoms with Gasteiger partial charge in [-0.1, -0.05) is 38.8 Å². The lowest BCUT2D eigenvalue weighted by Gasteiger charge is -2.31. The van der Waals surface area contributed by atoms with E-state index in [2.05, 4.69) is 50.9 Å². The number of carbonyl (C=O) groups is 4. The lowest BCUT2D eigenvalue weighted by atomic mass is 10.0. The molecule has 0 bridgehead atoms. The van der Waals surface area contributed by atoms with Crippen LogP contribution < -0.4 is 21.3 Å². The molecule has 248 valence electrons. The van der Waals surface area contributed by atoms with E-state index in [0.29, 0.717) is 41.9 Å². The van der Waals surface area contributed by atoms with Crippen molar-refractivity contribution in [2.24, 2.45) is 0 Å². The van der Waals surface area contributed by atoms with Crippen LogP contribution in [-0.4, -0.2) is 67.8 Å². The van der Waals surface area contributed by atoms with Crippen molar-refractivity contribution in [2.75, 3.05) is 17.2 Å².